The fourth-order valence-electron chi connectivity index (χ4n) is 9.75. The number of carbonyl (C=O) groups is 1. The molecule has 0 saturated heterocycles. The van der Waals surface area contributed by atoms with Gasteiger partial charge in [0, 0.05) is 6.42 Å². The van der Waals surface area contributed by atoms with Gasteiger partial charge in [0.1, 0.15) is 0 Å². The van der Waals surface area contributed by atoms with Gasteiger partial charge < -0.3 is 20.0 Å². The van der Waals surface area contributed by atoms with E-state index in [1.165, 1.54) is 25.7 Å². The Morgan fingerprint density at radius 2 is 1.86 bits per heavy atom. The van der Waals surface area contributed by atoms with E-state index in [-0.39, 0.29) is 28.9 Å². The number of amides is 1. The van der Waals surface area contributed by atoms with Gasteiger partial charge in [-0.2, -0.15) is 0 Å². The smallest absolute Gasteiger partial charge is 0.220 e. The molecule has 0 aromatic rings. The van der Waals surface area contributed by atoms with E-state index < -0.39 is 0 Å². The van der Waals surface area contributed by atoms with Crippen LogP contribution in [0.2, 0.25) is 0 Å². The van der Waals surface area contributed by atoms with Crippen LogP contribution in [0.1, 0.15) is 85.0 Å². The molecule has 5 heteroatoms. The lowest BCUT2D eigenvalue weighted by molar-refractivity contribution is -0.883. The van der Waals surface area contributed by atoms with Gasteiger partial charge in [-0.25, -0.2) is 0 Å². The Labute approximate surface area is 220 Å². The molecule has 1 amide bonds. The zero-order chi connectivity index (χ0) is 26.3. The van der Waals surface area contributed by atoms with Crippen LogP contribution >= 0.6 is 0 Å². The SMILES string of the molecule is C=CC[N+](C)(C)CCNC(=O)CC[C@@H](C)[C@H]1CCC2C3CCC4C[C@H](O)CC[C@]4(C)C3C[C@H](O)[C@@]21C. The second kappa shape index (κ2) is 10.7. The molecule has 4 unspecified atom stereocenters. The lowest BCUT2D eigenvalue weighted by Crippen LogP contribution is -2.58. The Morgan fingerprint density at radius 1 is 1.11 bits per heavy atom. The zero-order valence-electron chi connectivity index (χ0n) is 23.8. The van der Waals surface area contributed by atoms with E-state index in [2.05, 4.69) is 46.8 Å². The molecule has 0 heterocycles. The van der Waals surface area contributed by atoms with Crippen LogP contribution in [0.5, 0.6) is 0 Å². The summed E-state index contributed by atoms with van der Waals surface area (Å²) in [7, 11) is 4.33. The minimum atomic E-state index is -0.250. The quantitative estimate of drug-likeness (QED) is 0.314. The van der Waals surface area contributed by atoms with Crippen LogP contribution in [0.15, 0.2) is 12.7 Å². The summed E-state index contributed by atoms with van der Waals surface area (Å²) >= 11 is 0. The van der Waals surface area contributed by atoms with Crippen molar-refractivity contribution < 1.29 is 19.5 Å². The third-order valence-electron chi connectivity index (χ3n) is 12.0. The van der Waals surface area contributed by atoms with Crippen LogP contribution in [-0.4, -0.2) is 66.5 Å². The Bertz CT molecular complexity index is 799. The van der Waals surface area contributed by atoms with E-state index >= 15 is 0 Å². The molecule has 0 spiro atoms. The van der Waals surface area contributed by atoms with E-state index in [0.29, 0.717) is 48.5 Å². The molecule has 0 aliphatic heterocycles. The van der Waals surface area contributed by atoms with Crippen molar-refractivity contribution in [1.82, 2.24) is 5.32 Å². The molecule has 10 atom stereocenters. The van der Waals surface area contributed by atoms with Gasteiger partial charge in [-0.1, -0.05) is 27.4 Å². The first-order valence-corrected chi connectivity index (χ1v) is 15.0. The van der Waals surface area contributed by atoms with E-state index in [4.69, 9.17) is 0 Å². The van der Waals surface area contributed by atoms with Crippen LogP contribution in [0, 0.1) is 46.3 Å². The summed E-state index contributed by atoms with van der Waals surface area (Å²) in [4.78, 5) is 12.6. The number of hydrogen-bond donors (Lipinski definition) is 3. The summed E-state index contributed by atoms with van der Waals surface area (Å²) in [5.74, 6) is 3.63. The zero-order valence-corrected chi connectivity index (χ0v) is 23.8. The largest absolute Gasteiger partial charge is 0.393 e. The summed E-state index contributed by atoms with van der Waals surface area (Å²) in [6.45, 7) is 13.6. The lowest BCUT2D eigenvalue weighted by atomic mass is 9.43. The molecule has 0 radical (unpaired) electrons. The van der Waals surface area contributed by atoms with Gasteiger partial charge in [0.05, 0.1) is 45.9 Å². The number of rotatable bonds is 9. The van der Waals surface area contributed by atoms with Crippen molar-refractivity contribution in [2.75, 3.05) is 33.7 Å². The lowest BCUT2D eigenvalue weighted by Gasteiger charge is -2.62. The molecule has 4 saturated carbocycles. The first-order chi connectivity index (χ1) is 16.9. The highest BCUT2D eigenvalue weighted by atomic mass is 16.3. The second-order valence-electron chi connectivity index (χ2n) is 14.4. The average Bonchev–Trinajstić information content (AvgIpc) is 3.17. The highest BCUT2D eigenvalue weighted by Gasteiger charge is 2.63. The van der Waals surface area contributed by atoms with Gasteiger partial charge >= 0.3 is 0 Å². The summed E-state index contributed by atoms with van der Waals surface area (Å²) in [6, 6.07) is 0. The molecule has 0 bridgehead atoms. The van der Waals surface area contributed by atoms with Gasteiger partial charge in [-0.3, -0.25) is 4.79 Å². The van der Waals surface area contributed by atoms with Crippen LogP contribution in [0.3, 0.4) is 0 Å². The molecule has 36 heavy (non-hydrogen) atoms. The van der Waals surface area contributed by atoms with Crippen molar-refractivity contribution >= 4 is 5.91 Å². The van der Waals surface area contributed by atoms with Crippen molar-refractivity contribution in [3.05, 3.63) is 12.7 Å². The van der Waals surface area contributed by atoms with Crippen LogP contribution in [0.4, 0.5) is 0 Å². The van der Waals surface area contributed by atoms with Gasteiger partial charge in [0.2, 0.25) is 5.91 Å². The first-order valence-electron chi connectivity index (χ1n) is 15.0. The molecule has 4 rings (SSSR count). The monoisotopic (exact) mass is 503 g/mol. The van der Waals surface area contributed by atoms with Crippen molar-refractivity contribution in [3.8, 4) is 0 Å². The molecular formula is C31H55N2O3+. The molecule has 3 N–H and O–H groups in total. The number of carbonyl (C=O) groups excluding carboxylic acids is 1. The summed E-state index contributed by atoms with van der Waals surface area (Å²) in [5, 5.41) is 25.2. The van der Waals surface area contributed by atoms with Gasteiger partial charge in [0.25, 0.3) is 0 Å². The maximum absolute atomic E-state index is 12.6. The normalized spacial score (nSPS) is 43.1. The number of nitrogens with zero attached hydrogens (tertiary/aromatic N) is 1. The molecule has 0 aromatic carbocycles. The molecular weight excluding hydrogens is 448 g/mol. The van der Waals surface area contributed by atoms with E-state index in [0.717, 1.165) is 49.7 Å². The number of fused-ring (bicyclic) bond motifs is 5. The summed E-state index contributed by atoms with van der Waals surface area (Å²) in [5.41, 5.74) is 0.256. The Kier molecular flexibility index (Phi) is 8.35. The van der Waals surface area contributed by atoms with E-state index in [9.17, 15) is 15.0 Å². The number of nitrogens with one attached hydrogen (secondary N) is 1. The highest BCUT2D eigenvalue weighted by molar-refractivity contribution is 5.75. The molecule has 4 aliphatic rings. The van der Waals surface area contributed by atoms with Gasteiger partial charge in [-0.05, 0) is 110 Å². The van der Waals surface area contributed by atoms with Gasteiger partial charge in [-0.15, -0.1) is 0 Å². The number of quaternary nitrogens is 1. The second-order valence-corrected chi connectivity index (χ2v) is 14.4. The molecule has 0 aromatic heterocycles. The third-order valence-corrected chi connectivity index (χ3v) is 12.0. The average molecular weight is 504 g/mol. The Balaban J connectivity index is 1.35. The van der Waals surface area contributed by atoms with Crippen LogP contribution < -0.4 is 5.32 Å². The van der Waals surface area contributed by atoms with E-state index in [1.807, 2.05) is 6.08 Å². The minimum absolute atomic E-state index is 0.0272. The molecule has 4 aliphatic carbocycles. The number of aliphatic hydroxyl groups is 2. The number of aliphatic hydroxyl groups excluding tert-OH is 2. The first kappa shape index (κ1) is 28.1. The fourth-order valence-corrected chi connectivity index (χ4v) is 9.75. The third kappa shape index (κ3) is 5.18. The van der Waals surface area contributed by atoms with Crippen molar-refractivity contribution in [3.63, 3.8) is 0 Å². The standard InChI is InChI=1S/C31H54N2O3/c1-7-17-33(5,6)18-16-32-29(36)13-8-21(2)25-11-12-26-24-10-9-22-19-23(34)14-15-30(22,3)27(24)20-28(35)31(25,26)4/h7,21-28,34-35H,1,8-20H2,2-6H3/p+1/t21-,22?,23-,24?,25-,26?,27?,28+,30+,31-/m1/s1. The van der Waals surface area contributed by atoms with Crippen molar-refractivity contribution in [1.29, 1.82) is 0 Å². The molecule has 5 nitrogen and oxygen atoms in total. The Morgan fingerprint density at radius 3 is 2.58 bits per heavy atom. The van der Waals surface area contributed by atoms with Crippen molar-refractivity contribution in [2.45, 2.75) is 97.2 Å². The topological polar surface area (TPSA) is 69.6 Å². The maximum atomic E-state index is 12.6. The number of likely N-dealkylation sites (N-methyl/N-ethyl adjacent to an activating group) is 1. The predicted octanol–water partition coefficient (Wildman–Crippen LogP) is 4.77. The predicted molar refractivity (Wildman–Crippen MR) is 146 cm³/mol. The minimum Gasteiger partial charge on any atom is -0.393 e. The Hall–Kier alpha value is -0.910. The van der Waals surface area contributed by atoms with Gasteiger partial charge in [0.15, 0.2) is 0 Å². The maximum Gasteiger partial charge on any atom is 0.220 e. The fraction of sp³-hybridized carbons (Fsp3) is 0.903. The van der Waals surface area contributed by atoms with E-state index in [1.54, 1.807) is 0 Å². The molecule has 4 fully saturated rings. The van der Waals surface area contributed by atoms with Crippen LogP contribution in [0.25, 0.3) is 0 Å². The van der Waals surface area contributed by atoms with Crippen molar-refractivity contribution in [2.24, 2.45) is 46.3 Å². The molecule has 206 valence electrons. The summed E-state index contributed by atoms with van der Waals surface area (Å²) in [6.07, 6.45) is 11.9. The summed E-state index contributed by atoms with van der Waals surface area (Å²) < 4.78 is 0.836. The van der Waals surface area contributed by atoms with Crippen LogP contribution in [-0.2, 0) is 4.79 Å². The highest BCUT2D eigenvalue weighted by Crippen LogP contribution is 2.68. The number of hydrogen-bond acceptors (Lipinski definition) is 3.